The van der Waals surface area contributed by atoms with Crippen LogP contribution in [0, 0.1) is 0 Å². The molecule has 0 amide bonds. The van der Waals surface area contributed by atoms with Gasteiger partial charge in [0.2, 0.25) is 0 Å². The van der Waals surface area contributed by atoms with E-state index in [1.165, 1.54) is 5.56 Å². The number of rotatable bonds is 1. The highest BCUT2D eigenvalue weighted by atomic mass is 16.7. The molecule has 0 bridgehead atoms. The minimum absolute atomic E-state index is 0.538. The molecule has 1 unspecified atom stereocenters. The summed E-state index contributed by atoms with van der Waals surface area (Å²) in [4.78, 5) is 5.06. The molecule has 1 aliphatic heterocycles. The lowest BCUT2D eigenvalue weighted by molar-refractivity contribution is 0.101. The molecule has 11 heavy (non-hydrogen) atoms. The molecule has 1 atom stereocenters. The molecule has 1 heterocycles. The van der Waals surface area contributed by atoms with E-state index in [1.807, 2.05) is 6.07 Å². The Labute approximate surface area is 66.1 Å². The Kier molecular flexibility index (Phi) is 1.88. The van der Waals surface area contributed by atoms with E-state index in [9.17, 15) is 0 Å². The van der Waals surface area contributed by atoms with Crippen molar-refractivity contribution in [1.82, 2.24) is 5.48 Å². The van der Waals surface area contributed by atoms with E-state index >= 15 is 0 Å². The summed E-state index contributed by atoms with van der Waals surface area (Å²) >= 11 is 0. The van der Waals surface area contributed by atoms with Gasteiger partial charge in [0.05, 0.1) is 6.61 Å². The van der Waals surface area contributed by atoms with Gasteiger partial charge >= 0.3 is 0 Å². The van der Waals surface area contributed by atoms with Crippen LogP contribution in [0.2, 0.25) is 0 Å². The second-order valence-corrected chi connectivity index (χ2v) is 2.77. The maximum Gasteiger partial charge on any atom is 0.0763 e. The highest BCUT2D eigenvalue weighted by molar-refractivity contribution is 5.20. The molecule has 2 nitrogen and oxygen atoms in total. The lowest BCUT2D eigenvalue weighted by Gasteiger charge is -2.04. The van der Waals surface area contributed by atoms with Crippen LogP contribution in [0.4, 0.5) is 0 Å². The first kappa shape index (κ1) is 6.83. The Bertz CT molecular complexity index is 216. The first-order valence-electron chi connectivity index (χ1n) is 3.86. The molecule has 0 spiro atoms. The zero-order valence-electron chi connectivity index (χ0n) is 6.29. The Morgan fingerprint density at radius 3 is 2.73 bits per heavy atom. The third-order valence-corrected chi connectivity index (χ3v) is 1.99. The van der Waals surface area contributed by atoms with Gasteiger partial charge in [0.25, 0.3) is 0 Å². The van der Waals surface area contributed by atoms with E-state index in [0.717, 1.165) is 13.2 Å². The van der Waals surface area contributed by atoms with E-state index in [-0.39, 0.29) is 0 Å². The highest BCUT2D eigenvalue weighted by Gasteiger charge is 2.16. The van der Waals surface area contributed by atoms with Gasteiger partial charge < -0.3 is 4.84 Å². The van der Waals surface area contributed by atoms with E-state index < -0.39 is 0 Å². The summed E-state index contributed by atoms with van der Waals surface area (Å²) < 4.78 is 0. The molecule has 0 aliphatic carbocycles. The Morgan fingerprint density at radius 2 is 2.09 bits per heavy atom. The third kappa shape index (κ3) is 1.42. The van der Waals surface area contributed by atoms with Gasteiger partial charge in [0.1, 0.15) is 0 Å². The summed E-state index contributed by atoms with van der Waals surface area (Å²) in [5.41, 5.74) is 4.23. The van der Waals surface area contributed by atoms with E-state index in [4.69, 9.17) is 4.84 Å². The SMILES string of the molecule is c1ccc(C2CNOC2)cc1. The normalized spacial score (nSPS) is 23.8. The fourth-order valence-corrected chi connectivity index (χ4v) is 1.32. The predicted molar refractivity (Wildman–Crippen MR) is 43.1 cm³/mol. The molecule has 1 aromatic rings. The maximum atomic E-state index is 5.06. The molecular formula is C9H11NO. The van der Waals surface area contributed by atoms with E-state index in [2.05, 4.69) is 29.7 Å². The number of nitrogens with one attached hydrogen (secondary N) is 1. The Hall–Kier alpha value is -0.860. The monoisotopic (exact) mass is 149 g/mol. The second kappa shape index (κ2) is 3.03. The Morgan fingerprint density at radius 1 is 1.27 bits per heavy atom. The first-order valence-corrected chi connectivity index (χ1v) is 3.86. The van der Waals surface area contributed by atoms with Crippen molar-refractivity contribution in [3.63, 3.8) is 0 Å². The van der Waals surface area contributed by atoms with Crippen molar-refractivity contribution in [1.29, 1.82) is 0 Å². The zero-order chi connectivity index (χ0) is 7.52. The minimum Gasteiger partial charge on any atom is -0.301 e. The number of hydrogen-bond acceptors (Lipinski definition) is 2. The van der Waals surface area contributed by atoms with Gasteiger partial charge in [-0.2, -0.15) is 0 Å². The number of hydrogen-bond donors (Lipinski definition) is 1. The minimum atomic E-state index is 0.538. The third-order valence-electron chi connectivity index (χ3n) is 1.99. The van der Waals surface area contributed by atoms with Crippen LogP contribution in [0.15, 0.2) is 30.3 Å². The van der Waals surface area contributed by atoms with Crippen molar-refractivity contribution in [3.8, 4) is 0 Å². The molecule has 0 aromatic heterocycles. The molecule has 2 heteroatoms. The lowest BCUT2D eigenvalue weighted by Crippen LogP contribution is -2.06. The van der Waals surface area contributed by atoms with Crippen LogP contribution in [-0.2, 0) is 4.84 Å². The van der Waals surface area contributed by atoms with Crippen LogP contribution in [0.25, 0.3) is 0 Å². The molecule has 1 aromatic carbocycles. The average molecular weight is 149 g/mol. The van der Waals surface area contributed by atoms with E-state index in [0.29, 0.717) is 5.92 Å². The van der Waals surface area contributed by atoms with E-state index in [1.54, 1.807) is 0 Å². The molecule has 1 N–H and O–H groups in total. The highest BCUT2D eigenvalue weighted by Crippen LogP contribution is 2.17. The van der Waals surface area contributed by atoms with Crippen LogP contribution in [-0.4, -0.2) is 13.2 Å². The van der Waals surface area contributed by atoms with Gasteiger partial charge in [-0.1, -0.05) is 30.3 Å². The fourth-order valence-electron chi connectivity index (χ4n) is 1.32. The summed E-state index contributed by atoms with van der Waals surface area (Å²) in [5.74, 6) is 0.538. The van der Waals surface area contributed by atoms with Crippen molar-refractivity contribution in [2.75, 3.05) is 13.2 Å². The van der Waals surface area contributed by atoms with Crippen molar-refractivity contribution < 1.29 is 4.84 Å². The molecule has 1 fully saturated rings. The van der Waals surface area contributed by atoms with Gasteiger partial charge in [-0.05, 0) is 5.56 Å². The molecule has 2 rings (SSSR count). The molecule has 0 radical (unpaired) electrons. The molecule has 58 valence electrons. The summed E-state index contributed by atoms with van der Waals surface area (Å²) in [6.07, 6.45) is 0. The Balaban J connectivity index is 2.16. The molecule has 1 saturated heterocycles. The van der Waals surface area contributed by atoms with Gasteiger partial charge in [0, 0.05) is 12.5 Å². The van der Waals surface area contributed by atoms with Gasteiger partial charge in [-0.25, -0.2) is 5.48 Å². The summed E-state index contributed by atoms with van der Waals surface area (Å²) in [5, 5.41) is 0. The summed E-state index contributed by atoms with van der Waals surface area (Å²) in [6.45, 7) is 1.73. The topological polar surface area (TPSA) is 21.3 Å². The lowest BCUT2D eigenvalue weighted by atomic mass is 10.0. The second-order valence-electron chi connectivity index (χ2n) is 2.77. The van der Waals surface area contributed by atoms with Crippen molar-refractivity contribution >= 4 is 0 Å². The standard InChI is InChI=1S/C9H11NO/c1-2-4-8(5-3-1)9-6-10-11-7-9/h1-5,9-10H,6-7H2. The predicted octanol–water partition coefficient (Wildman–Crippen LogP) is 1.30. The summed E-state index contributed by atoms with van der Waals surface area (Å²) in [7, 11) is 0. The number of hydroxylamine groups is 1. The van der Waals surface area contributed by atoms with Gasteiger partial charge in [-0.3, -0.25) is 0 Å². The molecule has 1 aliphatic rings. The van der Waals surface area contributed by atoms with Crippen LogP contribution >= 0.6 is 0 Å². The van der Waals surface area contributed by atoms with Crippen LogP contribution < -0.4 is 5.48 Å². The van der Waals surface area contributed by atoms with Gasteiger partial charge in [-0.15, -0.1) is 0 Å². The van der Waals surface area contributed by atoms with Crippen LogP contribution in [0.5, 0.6) is 0 Å². The van der Waals surface area contributed by atoms with Crippen LogP contribution in [0.1, 0.15) is 11.5 Å². The fraction of sp³-hybridized carbons (Fsp3) is 0.333. The largest absolute Gasteiger partial charge is 0.301 e. The number of benzene rings is 1. The van der Waals surface area contributed by atoms with Crippen LogP contribution in [0.3, 0.4) is 0 Å². The summed E-state index contributed by atoms with van der Waals surface area (Å²) in [6, 6.07) is 10.4. The van der Waals surface area contributed by atoms with Crippen molar-refractivity contribution in [2.24, 2.45) is 0 Å². The van der Waals surface area contributed by atoms with Gasteiger partial charge in [0.15, 0.2) is 0 Å². The first-order chi connectivity index (χ1) is 5.47. The van der Waals surface area contributed by atoms with Crippen molar-refractivity contribution in [3.05, 3.63) is 35.9 Å². The smallest absolute Gasteiger partial charge is 0.0763 e. The molecule has 0 saturated carbocycles. The average Bonchev–Trinajstić information content (AvgIpc) is 2.58. The quantitative estimate of drug-likeness (QED) is 0.650. The maximum absolute atomic E-state index is 5.06. The zero-order valence-corrected chi connectivity index (χ0v) is 6.29. The van der Waals surface area contributed by atoms with Crippen molar-refractivity contribution in [2.45, 2.75) is 5.92 Å². The molecular weight excluding hydrogens is 138 g/mol.